The lowest BCUT2D eigenvalue weighted by atomic mass is 10.2. The van der Waals surface area contributed by atoms with Gasteiger partial charge in [0.25, 0.3) is 5.91 Å². The van der Waals surface area contributed by atoms with Gasteiger partial charge in [-0.1, -0.05) is 6.07 Å². The molecule has 0 saturated heterocycles. The van der Waals surface area contributed by atoms with Crippen LogP contribution in [0.5, 0.6) is 0 Å². The highest BCUT2D eigenvalue weighted by atomic mass is 16.3. The third-order valence-electron chi connectivity index (χ3n) is 3.62. The highest BCUT2D eigenvalue weighted by Gasteiger charge is 2.11. The first kappa shape index (κ1) is 18.4. The molecule has 3 aromatic rings. The van der Waals surface area contributed by atoms with Crippen molar-refractivity contribution in [3.05, 3.63) is 60.0 Å². The predicted octanol–water partition coefficient (Wildman–Crippen LogP) is 2.29. The van der Waals surface area contributed by atoms with Gasteiger partial charge in [-0.25, -0.2) is 4.98 Å². The number of nitrogens with one attached hydrogen (secondary N) is 2. The molecule has 3 N–H and O–H groups in total. The maximum absolute atomic E-state index is 12.5. The van der Waals surface area contributed by atoms with Crippen molar-refractivity contribution in [1.29, 1.82) is 0 Å². The summed E-state index contributed by atoms with van der Waals surface area (Å²) in [7, 11) is 0. The van der Waals surface area contributed by atoms with E-state index < -0.39 is 6.10 Å². The Morgan fingerprint density at radius 3 is 2.56 bits per heavy atom. The number of aryl methyl sites for hydroxylation is 1. The van der Waals surface area contributed by atoms with Crippen molar-refractivity contribution < 1.29 is 9.90 Å². The number of aliphatic hydroxyl groups excluding tert-OH is 1. The molecule has 0 aliphatic rings. The zero-order chi connectivity index (χ0) is 19.2. The molecule has 138 valence electrons. The van der Waals surface area contributed by atoms with Crippen molar-refractivity contribution in [2.45, 2.75) is 20.0 Å². The molecule has 1 amide bonds. The first-order valence-electron chi connectivity index (χ1n) is 8.48. The number of anilines is 2. The molecule has 0 aliphatic heterocycles. The van der Waals surface area contributed by atoms with Gasteiger partial charge in [0.2, 0.25) is 5.95 Å². The molecule has 0 saturated carbocycles. The number of hydrogen-bond acceptors (Lipinski definition) is 7. The zero-order valence-electron chi connectivity index (χ0n) is 15.0. The van der Waals surface area contributed by atoms with Crippen LogP contribution in [0.3, 0.4) is 0 Å². The number of carbonyl (C=O) groups is 1. The number of aliphatic hydroxyl groups is 1. The number of nitrogens with zero attached hydrogens (tertiary/aromatic N) is 4. The number of amides is 1. The summed E-state index contributed by atoms with van der Waals surface area (Å²) in [6.45, 7) is 3.86. The molecule has 0 fully saturated rings. The van der Waals surface area contributed by atoms with Crippen molar-refractivity contribution in [2.24, 2.45) is 0 Å². The molecule has 0 spiro atoms. The number of hydrogen-bond donors (Lipinski definition) is 3. The van der Waals surface area contributed by atoms with Crippen LogP contribution in [0, 0.1) is 6.92 Å². The Kier molecular flexibility index (Phi) is 5.68. The van der Waals surface area contributed by atoms with Gasteiger partial charge in [-0.15, -0.1) is 0 Å². The Hall–Kier alpha value is -3.39. The van der Waals surface area contributed by atoms with Crippen LogP contribution in [-0.2, 0) is 0 Å². The van der Waals surface area contributed by atoms with Gasteiger partial charge in [-0.05, 0) is 50.2 Å². The molecule has 8 nitrogen and oxygen atoms in total. The van der Waals surface area contributed by atoms with E-state index >= 15 is 0 Å². The third kappa shape index (κ3) is 5.05. The summed E-state index contributed by atoms with van der Waals surface area (Å²) >= 11 is 0. The number of aromatic nitrogens is 4. The molecule has 2 aromatic heterocycles. The average Bonchev–Trinajstić information content (AvgIpc) is 2.67. The van der Waals surface area contributed by atoms with E-state index in [1.54, 1.807) is 56.4 Å². The molecule has 3 rings (SSSR count). The Bertz CT molecular complexity index is 913. The molecular formula is C19H20N6O2. The molecule has 0 radical (unpaired) electrons. The summed E-state index contributed by atoms with van der Waals surface area (Å²) < 4.78 is 0. The topological polar surface area (TPSA) is 113 Å². The van der Waals surface area contributed by atoms with Gasteiger partial charge in [-0.3, -0.25) is 15.1 Å². The Morgan fingerprint density at radius 1 is 1.11 bits per heavy atom. The second-order valence-corrected chi connectivity index (χ2v) is 6.01. The molecule has 27 heavy (non-hydrogen) atoms. The lowest BCUT2D eigenvalue weighted by Gasteiger charge is -2.09. The second-order valence-electron chi connectivity index (χ2n) is 6.01. The molecule has 1 atom stereocenters. The maximum Gasteiger partial charge on any atom is 0.258 e. The fraction of sp³-hybridized carbons (Fsp3) is 0.211. The average molecular weight is 364 g/mol. The van der Waals surface area contributed by atoms with E-state index in [4.69, 9.17) is 0 Å². The highest BCUT2D eigenvalue weighted by Crippen LogP contribution is 2.14. The van der Waals surface area contributed by atoms with Gasteiger partial charge in [0, 0.05) is 24.0 Å². The summed E-state index contributed by atoms with van der Waals surface area (Å²) in [5.41, 5.74) is 1.89. The summed E-state index contributed by atoms with van der Waals surface area (Å²) in [4.78, 5) is 29.4. The quantitative estimate of drug-likeness (QED) is 0.615. The fourth-order valence-corrected chi connectivity index (χ4v) is 2.33. The van der Waals surface area contributed by atoms with E-state index in [0.29, 0.717) is 29.5 Å². The Labute approximate surface area is 156 Å². The molecule has 0 bridgehead atoms. The molecule has 8 heteroatoms. The first-order valence-corrected chi connectivity index (χ1v) is 8.48. The normalized spacial score (nSPS) is 11.7. The number of carbonyl (C=O) groups excluding carboxylic acids is 1. The monoisotopic (exact) mass is 364 g/mol. The number of benzene rings is 1. The first-order chi connectivity index (χ1) is 13.0. The van der Waals surface area contributed by atoms with Crippen molar-refractivity contribution in [3.8, 4) is 11.5 Å². The van der Waals surface area contributed by atoms with Crippen molar-refractivity contribution in [1.82, 2.24) is 19.9 Å². The summed E-state index contributed by atoms with van der Waals surface area (Å²) in [5, 5.41) is 15.1. The summed E-state index contributed by atoms with van der Waals surface area (Å²) in [6, 6.07) is 12.4. The number of rotatable bonds is 6. The third-order valence-corrected chi connectivity index (χ3v) is 3.62. The van der Waals surface area contributed by atoms with Gasteiger partial charge in [0.15, 0.2) is 5.82 Å². The molecule has 0 aliphatic carbocycles. The largest absolute Gasteiger partial charge is 0.392 e. The molecule has 2 heterocycles. The standard InChI is InChI=1S/C19H20N6O2/c1-12(26)11-21-15-8-6-14(7-9-15)18(27)25-19-23-13(2)22-17(24-19)16-5-3-4-10-20-16/h3-10,12,21,26H,11H2,1-2H3,(H,22,23,24,25,27)/t12-/m0/s1. The SMILES string of the molecule is Cc1nc(NC(=O)c2ccc(NC[C@H](C)O)cc2)nc(-c2ccccn2)n1. The van der Waals surface area contributed by atoms with Gasteiger partial charge in [0.1, 0.15) is 11.5 Å². The van der Waals surface area contributed by atoms with Crippen LogP contribution in [0.4, 0.5) is 11.6 Å². The van der Waals surface area contributed by atoms with E-state index in [0.717, 1.165) is 5.69 Å². The van der Waals surface area contributed by atoms with Crippen molar-refractivity contribution >= 4 is 17.5 Å². The Balaban J connectivity index is 1.73. The van der Waals surface area contributed by atoms with Gasteiger partial charge >= 0.3 is 0 Å². The van der Waals surface area contributed by atoms with Crippen LogP contribution >= 0.6 is 0 Å². The van der Waals surface area contributed by atoms with Crippen LogP contribution in [0.25, 0.3) is 11.5 Å². The number of pyridine rings is 1. The summed E-state index contributed by atoms with van der Waals surface area (Å²) in [6.07, 6.45) is 1.20. The lowest BCUT2D eigenvalue weighted by molar-refractivity contribution is 0.102. The van der Waals surface area contributed by atoms with E-state index in [1.165, 1.54) is 0 Å². The van der Waals surface area contributed by atoms with E-state index in [-0.39, 0.29) is 11.9 Å². The molecular weight excluding hydrogens is 344 g/mol. The van der Waals surface area contributed by atoms with E-state index in [9.17, 15) is 9.90 Å². The Morgan fingerprint density at radius 2 is 1.89 bits per heavy atom. The van der Waals surface area contributed by atoms with Gasteiger partial charge in [0.05, 0.1) is 6.10 Å². The van der Waals surface area contributed by atoms with Crippen LogP contribution < -0.4 is 10.6 Å². The highest BCUT2D eigenvalue weighted by molar-refractivity contribution is 6.03. The maximum atomic E-state index is 12.5. The second kappa shape index (κ2) is 8.33. The lowest BCUT2D eigenvalue weighted by Crippen LogP contribution is -2.17. The smallest absolute Gasteiger partial charge is 0.258 e. The zero-order valence-corrected chi connectivity index (χ0v) is 15.0. The molecule has 1 aromatic carbocycles. The van der Waals surface area contributed by atoms with E-state index in [2.05, 4.69) is 30.6 Å². The van der Waals surface area contributed by atoms with Gasteiger partial charge in [-0.2, -0.15) is 9.97 Å². The minimum absolute atomic E-state index is 0.171. The van der Waals surface area contributed by atoms with Crippen LogP contribution in [0.1, 0.15) is 23.1 Å². The van der Waals surface area contributed by atoms with Crippen LogP contribution in [0.15, 0.2) is 48.7 Å². The fourth-order valence-electron chi connectivity index (χ4n) is 2.33. The van der Waals surface area contributed by atoms with Gasteiger partial charge < -0.3 is 10.4 Å². The minimum atomic E-state index is -0.451. The van der Waals surface area contributed by atoms with Crippen molar-refractivity contribution in [2.75, 3.05) is 17.2 Å². The van der Waals surface area contributed by atoms with Crippen LogP contribution in [-0.4, -0.2) is 43.6 Å². The molecule has 0 unspecified atom stereocenters. The van der Waals surface area contributed by atoms with Crippen molar-refractivity contribution in [3.63, 3.8) is 0 Å². The van der Waals surface area contributed by atoms with Crippen LogP contribution in [0.2, 0.25) is 0 Å². The summed E-state index contributed by atoms with van der Waals surface area (Å²) in [5.74, 6) is 0.730. The van der Waals surface area contributed by atoms with E-state index in [1.807, 2.05) is 6.07 Å². The minimum Gasteiger partial charge on any atom is -0.392 e. The predicted molar refractivity (Wildman–Crippen MR) is 102 cm³/mol.